The van der Waals surface area contributed by atoms with Gasteiger partial charge in [-0.15, -0.1) is 0 Å². The van der Waals surface area contributed by atoms with Gasteiger partial charge in [0.1, 0.15) is 12.1 Å². The second kappa shape index (κ2) is 5.59. The molecular formula is C12H14N8O. The van der Waals surface area contributed by atoms with E-state index in [0.717, 1.165) is 5.76 Å². The average molecular weight is 286 g/mol. The molecule has 0 fully saturated rings. The Balaban J connectivity index is 1.92. The fraction of sp³-hybridized carbons (Fsp3) is 0.167. The van der Waals surface area contributed by atoms with Crippen molar-refractivity contribution in [3.8, 4) is 5.95 Å². The van der Waals surface area contributed by atoms with E-state index >= 15 is 0 Å². The molecule has 0 atom stereocenters. The number of anilines is 2. The largest absolute Gasteiger partial charge is 0.467 e. The molecule has 3 rings (SSSR count). The Bertz CT molecular complexity index is 694. The SMILES string of the molecule is CN(Cc1ccco1)c1nc(NN)nc(-n2ccnc2)n1. The van der Waals surface area contributed by atoms with Gasteiger partial charge in [0.05, 0.1) is 12.8 Å². The minimum atomic E-state index is 0.273. The van der Waals surface area contributed by atoms with Crippen LogP contribution in [0.25, 0.3) is 5.95 Å². The fourth-order valence-electron chi connectivity index (χ4n) is 1.79. The van der Waals surface area contributed by atoms with E-state index in [1.807, 2.05) is 24.1 Å². The molecule has 0 aromatic carbocycles. The molecule has 0 saturated heterocycles. The standard InChI is InChI=1S/C12H14N8O/c1-19(7-9-3-2-6-21-9)11-15-10(18-13)16-12(17-11)20-5-4-14-8-20/h2-6,8H,7,13H2,1H3,(H,15,16,17,18). The van der Waals surface area contributed by atoms with Gasteiger partial charge in [0.2, 0.25) is 17.8 Å². The van der Waals surface area contributed by atoms with Gasteiger partial charge in [0.15, 0.2) is 0 Å². The highest BCUT2D eigenvalue weighted by molar-refractivity contribution is 5.39. The quantitative estimate of drug-likeness (QED) is 0.517. The van der Waals surface area contributed by atoms with Gasteiger partial charge in [-0.05, 0) is 12.1 Å². The van der Waals surface area contributed by atoms with E-state index in [4.69, 9.17) is 10.3 Å². The molecule has 0 saturated carbocycles. The zero-order valence-electron chi connectivity index (χ0n) is 11.3. The Morgan fingerprint density at radius 2 is 2.29 bits per heavy atom. The first-order chi connectivity index (χ1) is 10.3. The van der Waals surface area contributed by atoms with Gasteiger partial charge >= 0.3 is 0 Å². The summed E-state index contributed by atoms with van der Waals surface area (Å²) in [5.74, 6) is 7.39. The third kappa shape index (κ3) is 2.82. The summed E-state index contributed by atoms with van der Waals surface area (Å²) in [5, 5.41) is 0. The van der Waals surface area contributed by atoms with Crippen molar-refractivity contribution < 1.29 is 4.42 Å². The van der Waals surface area contributed by atoms with E-state index in [0.29, 0.717) is 18.4 Å². The number of aromatic nitrogens is 5. The second-order valence-corrected chi connectivity index (χ2v) is 4.31. The number of nitrogens with two attached hydrogens (primary N) is 1. The zero-order chi connectivity index (χ0) is 14.7. The summed E-state index contributed by atoms with van der Waals surface area (Å²) in [6.07, 6.45) is 6.61. The minimum Gasteiger partial charge on any atom is -0.467 e. The van der Waals surface area contributed by atoms with Crippen molar-refractivity contribution in [2.24, 2.45) is 5.84 Å². The highest BCUT2D eigenvalue weighted by Gasteiger charge is 2.12. The van der Waals surface area contributed by atoms with Crippen LogP contribution >= 0.6 is 0 Å². The highest BCUT2D eigenvalue weighted by atomic mass is 16.3. The van der Waals surface area contributed by atoms with Crippen LogP contribution in [0, 0.1) is 0 Å². The molecule has 0 aliphatic rings. The molecule has 108 valence electrons. The Labute approximate surface area is 120 Å². The fourth-order valence-corrected chi connectivity index (χ4v) is 1.79. The molecule has 9 heteroatoms. The summed E-state index contributed by atoms with van der Waals surface area (Å²) in [4.78, 5) is 18.6. The van der Waals surface area contributed by atoms with Crippen molar-refractivity contribution in [1.82, 2.24) is 24.5 Å². The molecule has 3 N–H and O–H groups in total. The zero-order valence-corrected chi connectivity index (χ0v) is 11.3. The summed E-state index contributed by atoms with van der Waals surface area (Å²) in [6, 6.07) is 3.72. The number of furan rings is 1. The number of nitrogens with zero attached hydrogens (tertiary/aromatic N) is 6. The third-order valence-electron chi connectivity index (χ3n) is 2.79. The number of hydrogen-bond acceptors (Lipinski definition) is 8. The van der Waals surface area contributed by atoms with Crippen LogP contribution < -0.4 is 16.2 Å². The molecule has 9 nitrogen and oxygen atoms in total. The van der Waals surface area contributed by atoms with Gasteiger partial charge in [0, 0.05) is 19.4 Å². The lowest BCUT2D eigenvalue weighted by atomic mass is 10.4. The van der Waals surface area contributed by atoms with Crippen molar-refractivity contribution in [2.75, 3.05) is 17.4 Å². The molecule has 0 radical (unpaired) electrons. The van der Waals surface area contributed by atoms with Crippen LogP contribution in [-0.4, -0.2) is 31.6 Å². The predicted molar refractivity (Wildman–Crippen MR) is 75.6 cm³/mol. The normalized spacial score (nSPS) is 10.6. The van der Waals surface area contributed by atoms with Crippen molar-refractivity contribution >= 4 is 11.9 Å². The van der Waals surface area contributed by atoms with Crippen molar-refractivity contribution in [3.05, 3.63) is 42.9 Å². The van der Waals surface area contributed by atoms with Crippen molar-refractivity contribution in [3.63, 3.8) is 0 Å². The lowest BCUT2D eigenvalue weighted by Gasteiger charge is -2.16. The lowest BCUT2D eigenvalue weighted by Crippen LogP contribution is -2.22. The van der Waals surface area contributed by atoms with Crippen LogP contribution in [0.4, 0.5) is 11.9 Å². The van der Waals surface area contributed by atoms with E-state index in [2.05, 4.69) is 25.4 Å². The van der Waals surface area contributed by atoms with Gasteiger partial charge in [0.25, 0.3) is 0 Å². The van der Waals surface area contributed by atoms with Gasteiger partial charge < -0.3 is 9.32 Å². The lowest BCUT2D eigenvalue weighted by molar-refractivity contribution is 0.506. The van der Waals surface area contributed by atoms with E-state index in [9.17, 15) is 0 Å². The number of nitrogens with one attached hydrogen (secondary N) is 1. The first kappa shape index (κ1) is 13.1. The Kier molecular flexibility index (Phi) is 3.48. The molecule has 0 amide bonds. The second-order valence-electron chi connectivity index (χ2n) is 4.31. The maximum atomic E-state index is 5.41. The maximum absolute atomic E-state index is 5.41. The van der Waals surface area contributed by atoms with Crippen molar-refractivity contribution in [2.45, 2.75) is 6.54 Å². The van der Waals surface area contributed by atoms with E-state index in [1.165, 1.54) is 0 Å². The van der Waals surface area contributed by atoms with Crippen LogP contribution in [0.5, 0.6) is 0 Å². The van der Waals surface area contributed by atoms with E-state index in [1.54, 1.807) is 29.6 Å². The first-order valence-corrected chi connectivity index (χ1v) is 6.21. The number of hydrogen-bond donors (Lipinski definition) is 2. The molecule has 0 aliphatic carbocycles. The van der Waals surface area contributed by atoms with Gasteiger partial charge in [-0.3, -0.25) is 9.99 Å². The number of nitrogen functional groups attached to an aromatic ring is 1. The van der Waals surface area contributed by atoms with Crippen LogP contribution in [0.2, 0.25) is 0 Å². The Morgan fingerprint density at radius 3 is 2.95 bits per heavy atom. The first-order valence-electron chi connectivity index (χ1n) is 6.21. The van der Waals surface area contributed by atoms with Crippen LogP contribution in [0.3, 0.4) is 0 Å². The summed E-state index contributed by atoms with van der Waals surface area (Å²) < 4.78 is 6.99. The van der Waals surface area contributed by atoms with Gasteiger partial charge in [-0.2, -0.15) is 15.0 Å². The molecule has 0 aliphatic heterocycles. The smallest absolute Gasteiger partial charge is 0.243 e. The monoisotopic (exact) mass is 286 g/mol. The molecule has 0 spiro atoms. The maximum Gasteiger partial charge on any atom is 0.243 e. The summed E-state index contributed by atoms with van der Waals surface area (Å²) in [6.45, 7) is 0.532. The minimum absolute atomic E-state index is 0.273. The summed E-state index contributed by atoms with van der Waals surface area (Å²) in [7, 11) is 1.86. The number of rotatable bonds is 5. The molecule has 0 bridgehead atoms. The number of hydrazine groups is 1. The molecule has 3 aromatic heterocycles. The predicted octanol–water partition coefficient (Wildman–Crippen LogP) is 0.572. The van der Waals surface area contributed by atoms with E-state index < -0.39 is 0 Å². The van der Waals surface area contributed by atoms with Crippen molar-refractivity contribution in [1.29, 1.82) is 0 Å². The molecule has 3 aromatic rings. The van der Waals surface area contributed by atoms with Gasteiger partial charge in [-0.25, -0.2) is 10.8 Å². The van der Waals surface area contributed by atoms with E-state index in [-0.39, 0.29) is 5.95 Å². The molecule has 21 heavy (non-hydrogen) atoms. The van der Waals surface area contributed by atoms with Crippen LogP contribution in [-0.2, 0) is 6.54 Å². The topological polar surface area (TPSA) is 111 Å². The van der Waals surface area contributed by atoms with Gasteiger partial charge in [-0.1, -0.05) is 0 Å². The summed E-state index contributed by atoms with van der Waals surface area (Å²) in [5.41, 5.74) is 2.44. The molecule has 3 heterocycles. The molecular weight excluding hydrogens is 272 g/mol. The Morgan fingerprint density at radius 1 is 1.38 bits per heavy atom. The van der Waals surface area contributed by atoms with Crippen LogP contribution in [0.1, 0.15) is 5.76 Å². The summed E-state index contributed by atoms with van der Waals surface area (Å²) >= 11 is 0. The average Bonchev–Trinajstić information content (AvgIpc) is 3.20. The van der Waals surface area contributed by atoms with Crippen LogP contribution in [0.15, 0.2) is 41.5 Å². The molecule has 0 unspecified atom stereocenters. The Hall–Kier alpha value is -2.94. The highest BCUT2D eigenvalue weighted by Crippen LogP contribution is 2.14. The third-order valence-corrected chi connectivity index (χ3v) is 2.79. The number of imidazole rings is 1.